The number of fused-ring (bicyclic) bond motifs is 3. The van der Waals surface area contributed by atoms with Gasteiger partial charge in [-0.05, 0) is 31.0 Å². The molecule has 120 valence electrons. The molecule has 1 aliphatic heterocycles. The molecule has 0 spiro atoms. The standard InChI is InChI=1S/C18H15ClN4O/c19-12-8-11(9-20-10-12)15-16-14(2-1-5-21-16)23-7-6-22(13-3-4-13)18(24)17(15)23/h1-2,5,8-10,13H,3-4,6-7H2. The normalized spacial score (nSPS) is 17.4. The van der Waals surface area contributed by atoms with E-state index in [1.807, 2.05) is 23.1 Å². The predicted octanol–water partition coefficient (Wildman–Crippen LogP) is 3.37. The van der Waals surface area contributed by atoms with Crippen molar-refractivity contribution in [2.24, 2.45) is 0 Å². The molecule has 1 fully saturated rings. The predicted molar refractivity (Wildman–Crippen MR) is 92.0 cm³/mol. The molecule has 0 radical (unpaired) electrons. The molecule has 1 amide bonds. The average Bonchev–Trinajstić information content (AvgIpc) is 3.37. The van der Waals surface area contributed by atoms with Gasteiger partial charge in [0.1, 0.15) is 5.69 Å². The summed E-state index contributed by atoms with van der Waals surface area (Å²) in [6.45, 7) is 1.57. The molecule has 0 saturated heterocycles. The van der Waals surface area contributed by atoms with Crippen LogP contribution in [0, 0.1) is 0 Å². The third-order valence-electron chi connectivity index (χ3n) is 4.83. The third-order valence-corrected chi connectivity index (χ3v) is 5.04. The molecule has 0 atom stereocenters. The number of hydrogen-bond donors (Lipinski definition) is 0. The molecule has 1 aliphatic carbocycles. The fourth-order valence-electron chi connectivity index (χ4n) is 3.63. The van der Waals surface area contributed by atoms with Crippen molar-refractivity contribution in [2.75, 3.05) is 6.54 Å². The lowest BCUT2D eigenvalue weighted by Gasteiger charge is -2.29. The Morgan fingerprint density at radius 3 is 2.88 bits per heavy atom. The zero-order valence-electron chi connectivity index (χ0n) is 12.9. The maximum absolute atomic E-state index is 13.2. The fourth-order valence-corrected chi connectivity index (χ4v) is 3.81. The lowest BCUT2D eigenvalue weighted by atomic mass is 10.1. The minimum absolute atomic E-state index is 0.0942. The van der Waals surface area contributed by atoms with Gasteiger partial charge < -0.3 is 9.47 Å². The van der Waals surface area contributed by atoms with E-state index in [4.69, 9.17) is 11.6 Å². The molecule has 1 saturated carbocycles. The number of amides is 1. The smallest absolute Gasteiger partial charge is 0.271 e. The van der Waals surface area contributed by atoms with Gasteiger partial charge in [0.25, 0.3) is 5.91 Å². The van der Waals surface area contributed by atoms with Gasteiger partial charge in [0.2, 0.25) is 0 Å². The lowest BCUT2D eigenvalue weighted by molar-refractivity contribution is 0.0694. The first-order valence-corrected chi connectivity index (χ1v) is 8.51. The van der Waals surface area contributed by atoms with Crippen molar-refractivity contribution < 1.29 is 4.79 Å². The van der Waals surface area contributed by atoms with Crippen LogP contribution in [-0.4, -0.2) is 37.9 Å². The van der Waals surface area contributed by atoms with Crippen LogP contribution in [0.4, 0.5) is 0 Å². The first-order valence-electron chi connectivity index (χ1n) is 8.13. The van der Waals surface area contributed by atoms with Crippen LogP contribution in [0.3, 0.4) is 0 Å². The Balaban J connectivity index is 1.81. The minimum Gasteiger partial charge on any atom is -0.333 e. The van der Waals surface area contributed by atoms with Crippen LogP contribution in [0.25, 0.3) is 22.2 Å². The molecule has 5 rings (SSSR count). The summed E-state index contributed by atoms with van der Waals surface area (Å²) in [5, 5.41) is 0.554. The van der Waals surface area contributed by atoms with Crippen LogP contribution >= 0.6 is 11.6 Å². The second kappa shape index (κ2) is 5.05. The molecule has 0 unspecified atom stereocenters. The van der Waals surface area contributed by atoms with Crippen LogP contribution < -0.4 is 0 Å². The number of rotatable bonds is 2. The molecule has 0 bridgehead atoms. The van der Waals surface area contributed by atoms with Crippen molar-refractivity contribution in [3.05, 3.63) is 47.5 Å². The van der Waals surface area contributed by atoms with Gasteiger partial charge in [-0.3, -0.25) is 14.8 Å². The largest absolute Gasteiger partial charge is 0.333 e. The van der Waals surface area contributed by atoms with Crippen molar-refractivity contribution in [1.82, 2.24) is 19.4 Å². The monoisotopic (exact) mass is 338 g/mol. The Hall–Kier alpha value is -2.40. The van der Waals surface area contributed by atoms with Gasteiger partial charge in [-0.1, -0.05) is 11.6 Å². The molecule has 5 nitrogen and oxygen atoms in total. The van der Waals surface area contributed by atoms with E-state index >= 15 is 0 Å². The van der Waals surface area contributed by atoms with Crippen molar-refractivity contribution in [3.63, 3.8) is 0 Å². The maximum atomic E-state index is 13.2. The summed E-state index contributed by atoms with van der Waals surface area (Å²) in [4.78, 5) is 23.9. The Labute approximate surface area is 143 Å². The summed E-state index contributed by atoms with van der Waals surface area (Å²) >= 11 is 6.14. The van der Waals surface area contributed by atoms with E-state index in [2.05, 4.69) is 14.5 Å². The number of carbonyl (C=O) groups is 1. The molecule has 3 aromatic rings. The number of aromatic nitrogens is 3. The van der Waals surface area contributed by atoms with Crippen molar-refractivity contribution in [1.29, 1.82) is 0 Å². The second-order valence-electron chi connectivity index (χ2n) is 6.37. The van der Waals surface area contributed by atoms with Crippen LogP contribution in [-0.2, 0) is 6.54 Å². The van der Waals surface area contributed by atoms with E-state index in [1.165, 1.54) is 0 Å². The summed E-state index contributed by atoms with van der Waals surface area (Å²) in [6, 6.07) is 6.19. The zero-order chi connectivity index (χ0) is 16.3. The molecule has 6 heteroatoms. The summed E-state index contributed by atoms with van der Waals surface area (Å²) in [7, 11) is 0. The molecule has 4 heterocycles. The number of halogens is 1. The minimum atomic E-state index is 0.0942. The molecule has 24 heavy (non-hydrogen) atoms. The van der Waals surface area contributed by atoms with Gasteiger partial charge in [0.15, 0.2) is 0 Å². The summed E-state index contributed by atoms with van der Waals surface area (Å²) < 4.78 is 2.10. The van der Waals surface area contributed by atoms with Gasteiger partial charge in [-0.2, -0.15) is 0 Å². The van der Waals surface area contributed by atoms with Crippen LogP contribution in [0.1, 0.15) is 23.3 Å². The van der Waals surface area contributed by atoms with Crippen LogP contribution in [0.2, 0.25) is 5.02 Å². The number of nitrogens with zero attached hydrogens (tertiary/aromatic N) is 4. The molecule has 0 N–H and O–H groups in total. The van der Waals surface area contributed by atoms with Gasteiger partial charge >= 0.3 is 0 Å². The van der Waals surface area contributed by atoms with Gasteiger partial charge in [0, 0.05) is 48.8 Å². The maximum Gasteiger partial charge on any atom is 0.271 e. The van der Waals surface area contributed by atoms with Crippen LogP contribution in [0.5, 0.6) is 0 Å². The SMILES string of the molecule is O=C1c2c(-c3cncc(Cl)c3)c3ncccc3n2CCN1C1CC1. The Morgan fingerprint density at radius 2 is 2.08 bits per heavy atom. The van der Waals surface area contributed by atoms with Gasteiger partial charge in [-0.15, -0.1) is 0 Å². The van der Waals surface area contributed by atoms with Crippen LogP contribution in [0.15, 0.2) is 36.8 Å². The first kappa shape index (κ1) is 14.0. The second-order valence-corrected chi connectivity index (χ2v) is 6.80. The number of carbonyl (C=O) groups excluding carboxylic acids is 1. The highest BCUT2D eigenvalue weighted by Gasteiger charge is 2.39. The molecule has 0 aromatic carbocycles. The highest BCUT2D eigenvalue weighted by molar-refractivity contribution is 6.30. The molecular formula is C18H15ClN4O. The first-order chi connectivity index (χ1) is 11.7. The number of pyridine rings is 2. The highest BCUT2D eigenvalue weighted by atomic mass is 35.5. The number of hydrogen-bond acceptors (Lipinski definition) is 3. The Bertz CT molecular complexity index is 976. The van der Waals surface area contributed by atoms with Gasteiger partial charge in [0.05, 0.1) is 16.1 Å². The van der Waals surface area contributed by atoms with E-state index in [9.17, 15) is 4.79 Å². The topological polar surface area (TPSA) is 51.0 Å². The van der Waals surface area contributed by atoms with Crippen molar-refractivity contribution >= 4 is 28.5 Å². The van der Waals surface area contributed by atoms with E-state index in [1.54, 1.807) is 18.6 Å². The van der Waals surface area contributed by atoms with Crippen molar-refractivity contribution in [3.8, 4) is 11.1 Å². The third kappa shape index (κ3) is 1.97. The average molecular weight is 339 g/mol. The summed E-state index contributed by atoms with van der Waals surface area (Å²) in [5.41, 5.74) is 4.22. The fraction of sp³-hybridized carbons (Fsp3) is 0.278. The van der Waals surface area contributed by atoms with E-state index in [0.717, 1.165) is 48.1 Å². The van der Waals surface area contributed by atoms with E-state index < -0.39 is 0 Å². The molecular weight excluding hydrogens is 324 g/mol. The van der Waals surface area contributed by atoms with Crippen molar-refractivity contribution in [2.45, 2.75) is 25.4 Å². The lowest BCUT2D eigenvalue weighted by Crippen LogP contribution is -2.41. The quantitative estimate of drug-likeness (QED) is 0.720. The summed E-state index contributed by atoms with van der Waals surface area (Å²) in [6.07, 6.45) is 7.33. The molecule has 2 aliphatic rings. The summed E-state index contributed by atoms with van der Waals surface area (Å²) in [5.74, 6) is 0.0942. The van der Waals surface area contributed by atoms with E-state index in [0.29, 0.717) is 16.8 Å². The molecule has 3 aromatic heterocycles. The zero-order valence-corrected chi connectivity index (χ0v) is 13.7. The highest BCUT2D eigenvalue weighted by Crippen LogP contribution is 2.39. The van der Waals surface area contributed by atoms with E-state index in [-0.39, 0.29) is 5.91 Å². The van der Waals surface area contributed by atoms with Gasteiger partial charge in [-0.25, -0.2) is 0 Å². The Kier molecular flexibility index (Phi) is 2.94. The Morgan fingerprint density at radius 1 is 1.21 bits per heavy atom.